The van der Waals surface area contributed by atoms with Gasteiger partial charge < -0.3 is 9.88 Å². The molecule has 1 aromatic carbocycles. The summed E-state index contributed by atoms with van der Waals surface area (Å²) in [6, 6.07) is 6.75. The van der Waals surface area contributed by atoms with E-state index in [-0.39, 0.29) is 5.82 Å². The molecule has 3 nitrogen and oxygen atoms in total. The fourth-order valence-electron chi connectivity index (χ4n) is 2.08. The van der Waals surface area contributed by atoms with Crippen molar-refractivity contribution in [3.63, 3.8) is 0 Å². The van der Waals surface area contributed by atoms with Crippen molar-refractivity contribution in [3.8, 4) is 0 Å². The van der Waals surface area contributed by atoms with Crippen molar-refractivity contribution in [2.45, 2.75) is 32.9 Å². The van der Waals surface area contributed by atoms with Crippen LogP contribution in [0.15, 0.2) is 36.7 Å². The summed E-state index contributed by atoms with van der Waals surface area (Å²) in [7, 11) is 0. The van der Waals surface area contributed by atoms with Crippen molar-refractivity contribution in [2.24, 2.45) is 0 Å². The van der Waals surface area contributed by atoms with Gasteiger partial charge in [-0.25, -0.2) is 9.37 Å². The molecule has 0 aliphatic heterocycles. The molecule has 0 saturated heterocycles. The first-order valence-corrected chi connectivity index (χ1v) is 6.74. The van der Waals surface area contributed by atoms with Crippen LogP contribution in [0.4, 0.5) is 4.39 Å². The number of benzene rings is 1. The third-order valence-electron chi connectivity index (χ3n) is 3.03. The lowest BCUT2D eigenvalue weighted by Crippen LogP contribution is -2.19. The van der Waals surface area contributed by atoms with Crippen LogP contribution in [0.3, 0.4) is 0 Å². The third kappa shape index (κ3) is 4.17. The molecule has 0 atom stereocenters. The van der Waals surface area contributed by atoms with Gasteiger partial charge in [0.2, 0.25) is 0 Å². The van der Waals surface area contributed by atoms with Gasteiger partial charge in [0, 0.05) is 18.9 Å². The van der Waals surface area contributed by atoms with Gasteiger partial charge in [0.25, 0.3) is 0 Å². The minimum absolute atomic E-state index is 0.170. The van der Waals surface area contributed by atoms with Gasteiger partial charge in [-0.1, -0.05) is 19.1 Å². The molecular formula is C15H20FN3. The highest BCUT2D eigenvalue weighted by Gasteiger charge is 2.01. The van der Waals surface area contributed by atoms with E-state index in [2.05, 4.69) is 21.8 Å². The number of hydrogen-bond donors (Lipinski definition) is 1. The van der Waals surface area contributed by atoms with Crippen molar-refractivity contribution in [3.05, 3.63) is 53.9 Å². The lowest BCUT2D eigenvalue weighted by molar-refractivity contribution is 0.587. The summed E-state index contributed by atoms with van der Waals surface area (Å²) < 4.78 is 15.2. The Morgan fingerprint density at radius 3 is 3.05 bits per heavy atom. The van der Waals surface area contributed by atoms with Gasteiger partial charge in [-0.15, -0.1) is 0 Å². The number of rotatable bonds is 7. The molecule has 0 bridgehead atoms. The highest BCUT2D eigenvalue weighted by Crippen LogP contribution is 2.04. The number of aromatic nitrogens is 2. The normalized spacial score (nSPS) is 10.8. The highest BCUT2D eigenvalue weighted by molar-refractivity contribution is 5.16. The molecule has 19 heavy (non-hydrogen) atoms. The molecule has 1 heterocycles. The lowest BCUT2D eigenvalue weighted by Gasteiger charge is -2.08. The standard InChI is InChI=1S/C15H20FN3/c1-2-9-19-10-8-18-15(19)12-17-7-6-13-4-3-5-14(16)11-13/h3-5,8,10-11,17H,2,6-7,9,12H2,1H3. The summed E-state index contributed by atoms with van der Waals surface area (Å²) in [5, 5.41) is 3.35. The van der Waals surface area contributed by atoms with Crippen LogP contribution in [-0.4, -0.2) is 16.1 Å². The molecule has 0 amide bonds. The van der Waals surface area contributed by atoms with E-state index in [1.807, 2.05) is 18.5 Å². The number of imidazole rings is 1. The predicted octanol–water partition coefficient (Wildman–Crippen LogP) is 2.76. The van der Waals surface area contributed by atoms with Crippen LogP contribution in [0.1, 0.15) is 24.7 Å². The largest absolute Gasteiger partial charge is 0.334 e. The maximum Gasteiger partial charge on any atom is 0.123 e. The van der Waals surface area contributed by atoms with E-state index < -0.39 is 0 Å². The van der Waals surface area contributed by atoms with Crippen LogP contribution in [0, 0.1) is 5.82 Å². The fraction of sp³-hybridized carbons (Fsp3) is 0.400. The molecule has 2 aromatic rings. The molecule has 2 rings (SSSR count). The van der Waals surface area contributed by atoms with E-state index in [0.29, 0.717) is 0 Å². The molecule has 0 saturated carbocycles. The van der Waals surface area contributed by atoms with Crippen molar-refractivity contribution in [1.29, 1.82) is 0 Å². The molecular weight excluding hydrogens is 241 g/mol. The Morgan fingerprint density at radius 1 is 1.37 bits per heavy atom. The summed E-state index contributed by atoms with van der Waals surface area (Å²) in [4.78, 5) is 4.33. The zero-order valence-corrected chi connectivity index (χ0v) is 11.3. The van der Waals surface area contributed by atoms with Gasteiger partial charge in [0.15, 0.2) is 0 Å². The number of halogens is 1. The Bertz CT molecular complexity index is 508. The summed E-state index contributed by atoms with van der Waals surface area (Å²) in [6.45, 7) is 4.73. The second-order valence-corrected chi connectivity index (χ2v) is 4.59. The molecule has 0 aliphatic carbocycles. The maximum atomic E-state index is 13.0. The number of hydrogen-bond acceptors (Lipinski definition) is 2. The smallest absolute Gasteiger partial charge is 0.123 e. The zero-order chi connectivity index (χ0) is 13.5. The summed E-state index contributed by atoms with van der Waals surface area (Å²) in [6.07, 6.45) is 5.77. The molecule has 0 spiro atoms. The summed E-state index contributed by atoms with van der Waals surface area (Å²) in [5.74, 6) is 0.886. The predicted molar refractivity (Wildman–Crippen MR) is 74.3 cm³/mol. The van der Waals surface area contributed by atoms with Crippen LogP contribution < -0.4 is 5.32 Å². The lowest BCUT2D eigenvalue weighted by atomic mass is 10.1. The zero-order valence-electron chi connectivity index (χ0n) is 11.3. The highest BCUT2D eigenvalue weighted by atomic mass is 19.1. The summed E-state index contributed by atoms with van der Waals surface area (Å²) in [5.41, 5.74) is 1.02. The molecule has 102 valence electrons. The Balaban J connectivity index is 1.76. The van der Waals surface area contributed by atoms with Crippen molar-refractivity contribution >= 4 is 0 Å². The van der Waals surface area contributed by atoms with E-state index in [9.17, 15) is 4.39 Å². The minimum Gasteiger partial charge on any atom is -0.334 e. The Hall–Kier alpha value is -1.68. The van der Waals surface area contributed by atoms with Gasteiger partial charge in [-0.3, -0.25) is 0 Å². The Morgan fingerprint density at radius 2 is 2.26 bits per heavy atom. The quantitative estimate of drug-likeness (QED) is 0.777. The van der Waals surface area contributed by atoms with E-state index in [4.69, 9.17) is 0 Å². The van der Waals surface area contributed by atoms with Gasteiger partial charge in [-0.2, -0.15) is 0 Å². The van der Waals surface area contributed by atoms with E-state index in [1.54, 1.807) is 12.1 Å². The fourth-order valence-corrected chi connectivity index (χ4v) is 2.08. The molecule has 1 aromatic heterocycles. The number of nitrogens with zero attached hydrogens (tertiary/aromatic N) is 2. The number of nitrogens with one attached hydrogen (secondary N) is 1. The molecule has 0 fully saturated rings. The Labute approximate surface area is 113 Å². The first-order chi connectivity index (χ1) is 9.29. The molecule has 0 radical (unpaired) electrons. The van der Waals surface area contributed by atoms with Crippen molar-refractivity contribution < 1.29 is 4.39 Å². The average Bonchev–Trinajstić information content (AvgIpc) is 2.83. The second kappa shape index (κ2) is 7.04. The van der Waals surface area contributed by atoms with Crippen LogP contribution in [0.25, 0.3) is 0 Å². The molecule has 4 heteroatoms. The SMILES string of the molecule is CCCn1ccnc1CNCCc1cccc(F)c1. The van der Waals surface area contributed by atoms with Crippen LogP contribution in [0.2, 0.25) is 0 Å². The van der Waals surface area contributed by atoms with Crippen molar-refractivity contribution in [1.82, 2.24) is 14.9 Å². The van der Waals surface area contributed by atoms with Crippen LogP contribution in [0.5, 0.6) is 0 Å². The first-order valence-electron chi connectivity index (χ1n) is 6.74. The summed E-state index contributed by atoms with van der Waals surface area (Å²) >= 11 is 0. The van der Waals surface area contributed by atoms with Gasteiger partial charge in [0.1, 0.15) is 11.6 Å². The van der Waals surface area contributed by atoms with Gasteiger partial charge >= 0.3 is 0 Å². The van der Waals surface area contributed by atoms with Gasteiger partial charge in [-0.05, 0) is 37.1 Å². The molecule has 0 aliphatic rings. The topological polar surface area (TPSA) is 29.9 Å². The Kier molecular flexibility index (Phi) is 5.10. The first kappa shape index (κ1) is 13.7. The van der Waals surface area contributed by atoms with E-state index >= 15 is 0 Å². The molecule has 0 unspecified atom stereocenters. The number of aryl methyl sites for hydroxylation is 1. The van der Waals surface area contributed by atoms with Crippen LogP contribution >= 0.6 is 0 Å². The second-order valence-electron chi connectivity index (χ2n) is 4.59. The van der Waals surface area contributed by atoms with E-state index in [0.717, 1.165) is 43.9 Å². The van der Waals surface area contributed by atoms with E-state index in [1.165, 1.54) is 6.07 Å². The van der Waals surface area contributed by atoms with Crippen molar-refractivity contribution in [2.75, 3.05) is 6.54 Å². The van der Waals surface area contributed by atoms with Crippen LogP contribution in [-0.2, 0) is 19.5 Å². The molecule has 1 N–H and O–H groups in total. The third-order valence-corrected chi connectivity index (χ3v) is 3.03. The maximum absolute atomic E-state index is 13.0. The monoisotopic (exact) mass is 261 g/mol. The minimum atomic E-state index is -0.170. The van der Waals surface area contributed by atoms with Gasteiger partial charge in [0.05, 0.1) is 6.54 Å². The average molecular weight is 261 g/mol.